The predicted molar refractivity (Wildman–Crippen MR) is 112 cm³/mol. The van der Waals surface area contributed by atoms with Crippen LogP contribution in [0.2, 0.25) is 0 Å². The topological polar surface area (TPSA) is 91.9 Å². The van der Waals surface area contributed by atoms with Crippen molar-refractivity contribution in [1.82, 2.24) is 24.7 Å². The molecule has 1 N–H and O–H groups in total. The molecule has 0 radical (unpaired) electrons. The number of benzene rings is 1. The fourth-order valence-electron chi connectivity index (χ4n) is 3.98. The average Bonchev–Trinajstić information content (AvgIpc) is 3.10. The Balaban J connectivity index is 1.38. The maximum Gasteiger partial charge on any atom is 0.291 e. The van der Waals surface area contributed by atoms with Crippen molar-refractivity contribution < 1.29 is 13.5 Å². The Bertz CT molecular complexity index is 1200. The molecule has 4 heterocycles. The summed E-state index contributed by atoms with van der Waals surface area (Å²) >= 11 is 2.24. The highest BCUT2D eigenvalue weighted by atomic mass is 32.2. The summed E-state index contributed by atoms with van der Waals surface area (Å²) in [6, 6.07) is 6.37. The minimum atomic E-state index is -2.67. The van der Waals surface area contributed by atoms with Gasteiger partial charge in [0.15, 0.2) is 5.01 Å². The van der Waals surface area contributed by atoms with Crippen LogP contribution in [0.5, 0.6) is 0 Å². The summed E-state index contributed by atoms with van der Waals surface area (Å²) in [5.74, 6) is 0. The van der Waals surface area contributed by atoms with Crippen LogP contribution in [0.1, 0.15) is 24.3 Å². The lowest BCUT2D eigenvalue weighted by Crippen LogP contribution is -2.66. The van der Waals surface area contributed by atoms with Gasteiger partial charge in [0.1, 0.15) is 5.54 Å². The Kier molecular flexibility index (Phi) is 4.27. The lowest BCUT2D eigenvalue weighted by atomic mass is 9.77. The number of anilines is 1. The lowest BCUT2D eigenvalue weighted by molar-refractivity contribution is -0.126. The lowest BCUT2D eigenvalue weighted by Gasteiger charge is -2.56. The van der Waals surface area contributed by atoms with E-state index in [-0.39, 0.29) is 10.4 Å². The van der Waals surface area contributed by atoms with Crippen molar-refractivity contribution in [3.8, 4) is 11.2 Å². The molecular formula is C19H17F2N7OS2. The van der Waals surface area contributed by atoms with Crippen molar-refractivity contribution in [1.29, 1.82) is 5.26 Å². The third kappa shape index (κ3) is 3.18. The van der Waals surface area contributed by atoms with Crippen molar-refractivity contribution in [2.45, 2.75) is 29.7 Å². The van der Waals surface area contributed by atoms with Gasteiger partial charge in [-0.15, -0.1) is 10.2 Å². The Morgan fingerprint density at radius 2 is 2.06 bits per heavy atom. The van der Waals surface area contributed by atoms with Crippen molar-refractivity contribution in [3.63, 3.8) is 0 Å². The van der Waals surface area contributed by atoms with E-state index in [0.29, 0.717) is 5.13 Å². The van der Waals surface area contributed by atoms with E-state index in [2.05, 4.69) is 37.1 Å². The van der Waals surface area contributed by atoms with E-state index in [9.17, 15) is 14.0 Å². The van der Waals surface area contributed by atoms with Gasteiger partial charge < -0.3 is 9.64 Å². The molecular weight excluding hydrogens is 444 g/mol. The highest BCUT2D eigenvalue weighted by Crippen LogP contribution is 2.44. The Morgan fingerprint density at radius 1 is 1.26 bits per heavy atom. The van der Waals surface area contributed by atoms with E-state index in [1.54, 1.807) is 10.9 Å². The molecule has 1 saturated carbocycles. The van der Waals surface area contributed by atoms with E-state index < -0.39 is 12.0 Å². The molecule has 1 aliphatic carbocycles. The molecule has 6 rings (SSSR count). The van der Waals surface area contributed by atoms with Crippen LogP contribution < -0.4 is 9.62 Å². The standard InChI is InChI=1S/C19H17F2N7OS2/c20-15(21)16-24-25-17(30-16)28-14-4-11(31-26-19(6-22)1-2-19)3-13(12(14)5-23-28)27-7-18(8-27)9-29-10-18/h3-5,15,26H,1-2,7-10H2. The summed E-state index contributed by atoms with van der Waals surface area (Å²) in [4.78, 5) is 3.22. The van der Waals surface area contributed by atoms with Crippen LogP contribution in [-0.2, 0) is 4.74 Å². The zero-order valence-corrected chi connectivity index (χ0v) is 17.8. The maximum absolute atomic E-state index is 13.0. The van der Waals surface area contributed by atoms with Crippen molar-refractivity contribution >= 4 is 39.9 Å². The Hall–Kier alpha value is -2.33. The number of nitrogens with zero attached hydrogens (tertiary/aromatic N) is 6. The average molecular weight is 462 g/mol. The number of aromatic nitrogens is 4. The molecule has 31 heavy (non-hydrogen) atoms. The van der Waals surface area contributed by atoms with Crippen LogP contribution in [0.25, 0.3) is 16.0 Å². The first-order valence-corrected chi connectivity index (χ1v) is 11.4. The zero-order chi connectivity index (χ0) is 21.2. The van der Waals surface area contributed by atoms with E-state index in [1.165, 1.54) is 11.9 Å². The van der Waals surface area contributed by atoms with E-state index in [4.69, 9.17) is 4.74 Å². The predicted octanol–water partition coefficient (Wildman–Crippen LogP) is 3.30. The smallest absolute Gasteiger partial charge is 0.291 e. The molecule has 8 nitrogen and oxygen atoms in total. The van der Waals surface area contributed by atoms with Crippen LogP contribution in [0.15, 0.2) is 23.2 Å². The minimum Gasteiger partial charge on any atom is -0.380 e. The number of fused-ring (bicyclic) bond motifs is 1. The van der Waals surface area contributed by atoms with Crippen LogP contribution in [-0.4, -0.2) is 51.8 Å². The van der Waals surface area contributed by atoms with Crippen LogP contribution in [0.3, 0.4) is 0 Å². The molecule has 2 aromatic heterocycles. The highest BCUT2D eigenvalue weighted by Gasteiger charge is 2.49. The summed E-state index contributed by atoms with van der Waals surface area (Å²) in [5.41, 5.74) is 1.58. The van der Waals surface area contributed by atoms with Gasteiger partial charge in [-0.05, 0) is 36.9 Å². The number of hydrogen-bond donors (Lipinski definition) is 1. The molecule has 0 atom stereocenters. The van der Waals surface area contributed by atoms with Gasteiger partial charge in [0.05, 0.1) is 36.4 Å². The third-order valence-corrected chi connectivity index (χ3v) is 7.85. The second kappa shape index (κ2) is 6.83. The molecule has 160 valence electrons. The molecule has 0 amide bonds. The fourth-order valence-corrected chi connectivity index (χ4v) is 5.56. The molecule has 1 spiro atoms. The first-order valence-electron chi connectivity index (χ1n) is 9.82. The summed E-state index contributed by atoms with van der Waals surface area (Å²) < 4.78 is 36.2. The molecule has 3 aliphatic rings. The van der Waals surface area contributed by atoms with Gasteiger partial charge in [-0.1, -0.05) is 11.3 Å². The van der Waals surface area contributed by atoms with Gasteiger partial charge in [0, 0.05) is 29.1 Å². The highest BCUT2D eigenvalue weighted by molar-refractivity contribution is 7.97. The molecule has 0 bridgehead atoms. The number of nitriles is 1. The molecule has 1 aromatic carbocycles. The molecule has 0 unspecified atom stereocenters. The number of ether oxygens (including phenoxy) is 1. The van der Waals surface area contributed by atoms with Gasteiger partial charge >= 0.3 is 0 Å². The first-order chi connectivity index (χ1) is 15.0. The summed E-state index contributed by atoms with van der Waals surface area (Å²) in [6.07, 6.45) is 0.746. The van der Waals surface area contributed by atoms with Crippen molar-refractivity contribution in [2.75, 3.05) is 31.2 Å². The largest absolute Gasteiger partial charge is 0.380 e. The second-order valence-corrected chi connectivity index (χ2v) is 10.3. The van der Waals surface area contributed by atoms with Crippen LogP contribution in [0, 0.1) is 16.7 Å². The number of nitrogens with one attached hydrogen (secondary N) is 1. The molecule has 2 aliphatic heterocycles. The number of rotatable bonds is 6. The van der Waals surface area contributed by atoms with Crippen molar-refractivity contribution in [2.24, 2.45) is 5.41 Å². The minimum absolute atomic E-state index is 0.244. The fraction of sp³-hybridized carbons (Fsp3) is 0.474. The van der Waals surface area contributed by atoms with Crippen molar-refractivity contribution in [3.05, 3.63) is 23.3 Å². The Labute approximate surface area is 184 Å². The molecule has 12 heteroatoms. The summed E-state index contributed by atoms with van der Waals surface area (Å²) in [6.45, 7) is 3.39. The Morgan fingerprint density at radius 3 is 2.68 bits per heavy atom. The van der Waals surface area contributed by atoms with E-state index >= 15 is 0 Å². The molecule has 3 fully saturated rings. The third-order valence-electron chi connectivity index (χ3n) is 5.98. The zero-order valence-electron chi connectivity index (χ0n) is 16.2. The van der Waals surface area contributed by atoms with Gasteiger partial charge in [-0.2, -0.15) is 10.4 Å². The maximum atomic E-state index is 13.0. The molecule has 3 aromatic rings. The second-order valence-electron chi connectivity index (χ2n) is 8.40. The number of hydrogen-bond acceptors (Lipinski definition) is 9. The van der Waals surface area contributed by atoms with Crippen LogP contribution in [0.4, 0.5) is 14.5 Å². The number of alkyl halides is 2. The van der Waals surface area contributed by atoms with Gasteiger partial charge in [-0.25, -0.2) is 18.2 Å². The monoisotopic (exact) mass is 461 g/mol. The van der Waals surface area contributed by atoms with Crippen LogP contribution >= 0.6 is 23.3 Å². The number of halogens is 2. The normalized spacial score (nSPS) is 20.6. The summed E-state index contributed by atoms with van der Waals surface area (Å²) in [7, 11) is 0. The quantitative estimate of drug-likeness (QED) is 0.559. The van der Waals surface area contributed by atoms with Gasteiger partial charge in [-0.3, -0.25) is 0 Å². The van der Waals surface area contributed by atoms with E-state index in [1.807, 2.05) is 6.07 Å². The SMILES string of the molecule is N#CC1(NSc2cc(N3CC4(COC4)C3)c3cnn(-c4nnc(C(F)F)s4)c3c2)CC1. The first kappa shape index (κ1) is 19.4. The van der Waals surface area contributed by atoms with E-state index in [0.717, 1.165) is 72.0 Å². The summed E-state index contributed by atoms with van der Waals surface area (Å²) in [5, 5.41) is 22.2. The van der Waals surface area contributed by atoms with Gasteiger partial charge in [0.25, 0.3) is 6.43 Å². The van der Waals surface area contributed by atoms with Gasteiger partial charge in [0.2, 0.25) is 5.13 Å². The molecule has 2 saturated heterocycles.